The second-order valence-corrected chi connectivity index (χ2v) is 4.37. The molecule has 2 amide bonds. The van der Waals surface area contributed by atoms with Crippen molar-refractivity contribution in [1.29, 1.82) is 0 Å². The van der Waals surface area contributed by atoms with Crippen molar-refractivity contribution in [2.75, 3.05) is 24.9 Å². The molecule has 7 nitrogen and oxygen atoms in total. The lowest BCUT2D eigenvalue weighted by molar-refractivity contribution is -0.114. The fourth-order valence-electron chi connectivity index (χ4n) is 1.80. The Morgan fingerprint density at radius 1 is 1.05 bits per heavy atom. The first kappa shape index (κ1) is 15.4. The van der Waals surface area contributed by atoms with Crippen LogP contribution in [0.2, 0.25) is 0 Å². The van der Waals surface area contributed by atoms with Gasteiger partial charge in [-0.2, -0.15) is 0 Å². The topological polar surface area (TPSA) is 89.8 Å². The van der Waals surface area contributed by atoms with Gasteiger partial charge in [-0.3, -0.25) is 14.9 Å². The second-order valence-electron chi connectivity index (χ2n) is 4.37. The molecule has 0 saturated heterocycles. The Hall–Kier alpha value is -2.96. The number of benzene rings is 1. The number of ether oxygens (including phenoxy) is 2. The van der Waals surface area contributed by atoms with Gasteiger partial charge in [0.2, 0.25) is 5.91 Å². The van der Waals surface area contributed by atoms with Crippen molar-refractivity contribution in [2.45, 2.75) is 6.92 Å². The lowest BCUT2D eigenvalue weighted by atomic mass is 10.2. The number of methoxy groups -OCH3 is 2. The highest BCUT2D eigenvalue weighted by molar-refractivity contribution is 6.03. The monoisotopic (exact) mass is 304 g/mol. The highest BCUT2D eigenvalue weighted by Crippen LogP contribution is 2.29. The third kappa shape index (κ3) is 3.57. The molecule has 2 aromatic rings. The van der Waals surface area contributed by atoms with E-state index >= 15 is 0 Å². The van der Waals surface area contributed by atoms with E-state index in [9.17, 15) is 9.59 Å². The molecule has 2 N–H and O–H groups in total. The summed E-state index contributed by atoms with van der Waals surface area (Å²) in [4.78, 5) is 23.1. The summed E-state index contributed by atoms with van der Waals surface area (Å²) in [6, 6.07) is 8.00. The molecule has 0 fully saturated rings. The van der Waals surface area contributed by atoms with Crippen LogP contribution in [0.3, 0.4) is 0 Å². The van der Waals surface area contributed by atoms with Crippen molar-refractivity contribution in [3.8, 4) is 11.5 Å². The van der Waals surface area contributed by atoms with E-state index in [1.807, 2.05) is 0 Å². The largest absolute Gasteiger partial charge is 0.497 e. The number of hydrogen-bond donors (Lipinski definition) is 2. The van der Waals surface area contributed by atoms with Gasteiger partial charge in [0.25, 0.3) is 5.91 Å². The Bertz CT molecular complexity index is 693. The molecule has 0 saturated carbocycles. The molecule has 1 aromatic heterocycles. The van der Waals surface area contributed by atoms with E-state index in [0.29, 0.717) is 17.2 Å². The van der Waals surface area contributed by atoms with Crippen molar-refractivity contribution in [1.82, 2.24) is 0 Å². The Morgan fingerprint density at radius 3 is 2.45 bits per heavy atom. The minimum absolute atomic E-state index is 0.0635. The zero-order valence-electron chi connectivity index (χ0n) is 12.4. The maximum absolute atomic E-state index is 12.2. The Morgan fingerprint density at radius 2 is 1.82 bits per heavy atom. The van der Waals surface area contributed by atoms with Gasteiger partial charge in [-0.05, 0) is 18.2 Å². The van der Waals surface area contributed by atoms with Gasteiger partial charge in [0, 0.05) is 19.1 Å². The van der Waals surface area contributed by atoms with E-state index in [0.717, 1.165) is 0 Å². The van der Waals surface area contributed by atoms with E-state index in [2.05, 4.69) is 10.6 Å². The fraction of sp³-hybridized carbons (Fsp3) is 0.200. The van der Waals surface area contributed by atoms with E-state index < -0.39 is 5.91 Å². The molecule has 0 aliphatic rings. The first-order chi connectivity index (χ1) is 10.5. The predicted octanol–water partition coefficient (Wildman–Crippen LogP) is 2.51. The third-order valence-corrected chi connectivity index (χ3v) is 2.78. The standard InChI is InChI=1S/C15H16N2O5/c1-9(18)16-14-7-6-13(22-14)15(19)17-11-8-10(20-2)4-5-12(11)21-3/h4-8H,1-3H3,(H,16,18)(H,17,19). The molecule has 0 radical (unpaired) electrons. The number of nitrogens with one attached hydrogen (secondary N) is 2. The van der Waals surface area contributed by atoms with Crippen molar-refractivity contribution >= 4 is 23.4 Å². The van der Waals surface area contributed by atoms with Crippen molar-refractivity contribution in [3.05, 3.63) is 36.1 Å². The average Bonchev–Trinajstić information content (AvgIpc) is 2.94. The number of furan rings is 1. The van der Waals surface area contributed by atoms with E-state index in [1.165, 1.54) is 33.3 Å². The molecular formula is C15H16N2O5. The van der Waals surface area contributed by atoms with Crippen LogP contribution in [-0.2, 0) is 4.79 Å². The van der Waals surface area contributed by atoms with Crippen LogP contribution in [0.1, 0.15) is 17.5 Å². The van der Waals surface area contributed by atoms with Gasteiger partial charge in [0.05, 0.1) is 19.9 Å². The second kappa shape index (κ2) is 6.66. The van der Waals surface area contributed by atoms with E-state index in [4.69, 9.17) is 13.9 Å². The summed E-state index contributed by atoms with van der Waals surface area (Å²) in [7, 11) is 3.03. The molecule has 0 unspecified atom stereocenters. The number of hydrogen-bond acceptors (Lipinski definition) is 5. The zero-order valence-corrected chi connectivity index (χ0v) is 12.4. The molecule has 2 rings (SSSR count). The highest BCUT2D eigenvalue weighted by atomic mass is 16.5. The number of carbonyl (C=O) groups excluding carboxylic acids is 2. The smallest absolute Gasteiger partial charge is 0.291 e. The summed E-state index contributed by atoms with van der Waals surface area (Å²) in [5.74, 6) is 0.583. The predicted molar refractivity (Wildman–Crippen MR) is 80.5 cm³/mol. The summed E-state index contributed by atoms with van der Waals surface area (Å²) in [5, 5.41) is 5.12. The number of anilines is 2. The molecule has 116 valence electrons. The van der Waals surface area contributed by atoms with Gasteiger partial charge in [-0.25, -0.2) is 0 Å². The minimum Gasteiger partial charge on any atom is -0.497 e. The lowest BCUT2D eigenvalue weighted by Crippen LogP contribution is -2.12. The molecule has 22 heavy (non-hydrogen) atoms. The molecule has 1 aromatic carbocycles. The summed E-state index contributed by atoms with van der Waals surface area (Å²) < 4.78 is 15.5. The van der Waals surface area contributed by atoms with Crippen LogP contribution in [0.5, 0.6) is 11.5 Å². The van der Waals surface area contributed by atoms with Gasteiger partial charge in [0.15, 0.2) is 11.6 Å². The quantitative estimate of drug-likeness (QED) is 0.886. The SMILES string of the molecule is COc1ccc(OC)c(NC(=O)c2ccc(NC(C)=O)o2)c1. The summed E-state index contributed by atoms with van der Waals surface area (Å²) in [6.07, 6.45) is 0. The normalized spacial score (nSPS) is 9.95. The maximum atomic E-state index is 12.2. The molecule has 0 atom stereocenters. The van der Waals surface area contributed by atoms with Gasteiger partial charge in [0.1, 0.15) is 11.5 Å². The average molecular weight is 304 g/mol. The van der Waals surface area contributed by atoms with E-state index in [-0.39, 0.29) is 17.6 Å². The van der Waals surface area contributed by atoms with Crippen molar-refractivity contribution in [3.63, 3.8) is 0 Å². The molecule has 0 bridgehead atoms. The van der Waals surface area contributed by atoms with Crippen molar-refractivity contribution in [2.24, 2.45) is 0 Å². The van der Waals surface area contributed by atoms with Crippen LogP contribution in [0.25, 0.3) is 0 Å². The number of carbonyl (C=O) groups is 2. The fourth-order valence-corrected chi connectivity index (χ4v) is 1.80. The van der Waals surface area contributed by atoms with Gasteiger partial charge >= 0.3 is 0 Å². The van der Waals surface area contributed by atoms with Gasteiger partial charge in [-0.15, -0.1) is 0 Å². The molecule has 1 heterocycles. The van der Waals surface area contributed by atoms with Gasteiger partial charge in [-0.1, -0.05) is 0 Å². The zero-order chi connectivity index (χ0) is 16.1. The van der Waals surface area contributed by atoms with Crippen LogP contribution in [0.4, 0.5) is 11.6 Å². The van der Waals surface area contributed by atoms with Gasteiger partial charge < -0.3 is 19.2 Å². The Kier molecular flexibility index (Phi) is 4.67. The molecular weight excluding hydrogens is 288 g/mol. The van der Waals surface area contributed by atoms with Crippen molar-refractivity contribution < 1.29 is 23.5 Å². The maximum Gasteiger partial charge on any atom is 0.291 e. The molecule has 7 heteroatoms. The first-order valence-electron chi connectivity index (χ1n) is 6.44. The third-order valence-electron chi connectivity index (χ3n) is 2.78. The summed E-state index contributed by atoms with van der Waals surface area (Å²) in [6.45, 7) is 1.35. The first-order valence-corrected chi connectivity index (χ1v) is 6.44. The Labute approximate surface area is 127 Å². The summed E-state index contributed by atoms with van der Waals surface area (Å²) in [5.41, 5.74) is 0.448. The van der Waals surface area contributed by atoms with Crippen LogP contribution < -0.4 is 20.1 Å². The minimum atomic E-state index is -0.469. The Balaban J connectivity index is 2.17. The van der Waals surface area contributed by atoms with Crippen LogP contribution >= 0.6 is 0 Å². The number of amides is 2. The lowest BCUT2D eigenvalue weighted by Gasteiger charge is -2.10. The molecule has 0 spiro atoms. The van der Waals surface area contributed by atoms with Crippen LogP contribution in [-0.4, -0.2) is 26.0 Å². The molecule has 0 aliphatic carbocycles. The molecule has 0 aliphatic heterocycles. The number of rotatable bonds is 5. The highest BCUT2D eigenvalue weighted by Gasteiger charge is 2.15. The van der Waals surface area contributed by atoms with E-state index in [1.54, 1.807) is 18.2 Å². The summed E-state index contributed by atoms with van der Waals surface area (Å²) >= 11 is 0. The van der Waals surface area contributed by atoms with Crippen LogP contribution in [0, 0.1) is 0 Å². The van der Waals surface area contributed by atoms with Crippen LogP contribution in [0.15, 0.2) is 34.7 Å².